The van der Waals surface area contributed by atoms with Crippen molar-refractivity contribution < 1.29 is 9.47 Å². The van der Waals surface area contributed by atoms with Crippen molar-refractivity contribution >= 4 is 11.3 Å². The van der Waals surface area contributed by atoms with E-state index in [4.69, 9.17) is 9.47 Å². The maximum atomic E-state index is 5.53. The van der Waals surface area contributed by atoms with Gasteiger partial charge in [0.25, 0.3) is 0 Å². The van der Waals surface area contributed by atoms with Crippen LogP contribution in [0.25, 0.3) is 11.3 Å². The lowest BCUT2D eigenvalue weighted by atomic mass is 10.1. The summed E-state index contributed by atoms with van der Waals surface area (Å²) in [5.74, 6) is 1.51. The van der Waals surface area contributed by atoms with Crippen LogP contribution in [0.2, 0.25) is 0 Å². The average molecular weight is 358 g/mol. The van der Waals surface area contributed by atoms with E-state index in [1.54, 1.807) is 25.6 Å². The molecule has 1 N–H and O–H groups in total. The van der Waals surface area contributed by atoms with E-state index in [2.05, 4.69) is 34.1 Å². The van der Waals surface area contributed by atoms with Gasteiger partial charge in [-0.25, -0.2) is 4.98 Å². The molecule has 7 heteroatoms. The Kier molecular flexibility index (Phi) is 5.35. The normalized spacial score (nSPS) is 12.4. The van der Waals surface area contributed by atoms with Crippen LogP contribution in [0, 0.1) is 0 Å². The number of ether oxygens (including phenoxy) is 2. The van der Waals surface area contributed by atoms with Crippen LogP contribution in [0.3, 0.4) is 0 Å². The van der Waals surface area contributed by atoms with Crippen LogP contribution in [-0.2, 0) is 6.54 Å². The minimum atomic E-state index is 0.237. The molecule has 6 nitrogen and oxygen atoms in total. The van der Waals surface area contributed by atoms with Crippen molar-refractivity contribution in [3.63, 3.8) is 0 Å². The number of nitrogens with zero attached hydrogens (tertiary/aromatic N) is 3. The summed E-state index contributed by atoms with van der Waals surface area (Å²) in [6.45, 7) is 2.91. The Hall–Kier alpha value is -2.38. The molecule has 2 aromatic heterocycles. The highest BCUT2D eigenvalue weighted by Gasteiger charge is 2.19. The Labute approximate surface area is 151 Å². The predicted octanol–water partition coefficient (Wildman–Crippen LogP) is 3.74. The highest BCUT2D eigenvalue weighted by molar-refractivity contribution is 7.09. The van der Waals surface area contributed by atoms with Gasteiger partial charge in [0.2, 0.25) is 0 Å². The summed E-state index contributed by atoms with van der Waals surface area (Å²) in [4.78, 5) is 6.67. The smallest absolute Gasteiger partial charge is 0.131 e. The molecule has 25 heavy (non-hydrogen) atoms. The van der Waals surface area contributed by atoms with Gasteiger partial charge in [-0.2, -0.15) is 5.10 Å². The van der Waals surface area contributed by atoms with Gasteiger partial charge in [-0.05, 0) is 26.1 Å². The van der Waals surface area contributed by atoms with E-state index in [1.807, 2.05) is 36.0 Å². The van der Waals surface area contributed by atoms with Gasteiger partial charge < -0.3 is 9.47 Å². The third kappa shape index (κ3) is 3.67. The number of hydrogen-bond acceptors (Lipinski definition) is 6. The minimum Gasteiger partial charge on any atom is -0.497 e. The maximum absolute atomic E-state index is 5.53. The molecular weight excluding hydrogens is 336 g/mol. The van der Waals surface area contributed by atoms with Gasteiger partial charge >= 0.3 is 0 Å². The van der Waals surface area contributed by atoms with E-state index in [9.17, 15) is 0 Å². The molecule has 0 unspecified atom stereocenters. The summed E-state index contributed by atoms with van der Waals surface area (Å²) in [6, 6.07) is 6.02. The zero-order valence-corrected chi connectivity index (χ0v) is 15.6. The highest BCUT2D eigenvalue weighted by Crippen LogP contribution is 2.34. The number of thiazole rings is 1. The van der Waals surface area contributed by atoms with E-state index in [0.717, 1.165) is 39.9 Å². The number of rotatable bonds is 7. The molecule has 2 heterocycles. The third-order valence-corrected chi connectivity index (χ3v) is 5.23. The molecule has 0 aliphatic rings. The van der Waals surface area contributed by atoms with Gasteiger partial charge in [0.1, 0.15) is 16.5 Å². The van der Waals surface area contributed by atoms with Crippen LogP contribution in [0.15, 0.2) is 36.0 Å². The molecule has 0 spiro atoms. The standard InChI is InChI=1S/C18H22N4O2S/c1-12(18-19-7-8-25-18)22(2)11-13-10-20-21-17(13)15-6-5-14(23-3)9-16(15)24-4/h5-10,12H,11H2,1-4H3,(H,20,21)/t12-/m1/s1. The first-order valence-corrected chi connectivity index (χ1v) is 8.86. The van der Waals surface area contributed by atoms with Gasteiger partial charge in [-0.15, -0.1) is 11.3 Å². The second kappa shape index (κ2) is 7.67. The zero-order chi connectivity index (χ0) is 17.8. The summed E-state index contributed by atoms with van der Waals surface area (Å²) in [5, 5.41) is 10.5. The lowest BCUT2D eigenvalue weighted by Gasteiger charge is -2.23. The molecule has 1 atom stereocenters. The fraction of sp³-hybridized carbons (Fsp3) is 0.333. The second-order valence-electron chi connectivity index (χ2n) is 5.80. The molecule has 1 aromatic carbocycles. The SMILES string of the molecule is COc1ccc(-c2[nH]ncc2CN(C)[C@H](C)c2nccs2)c(OC)c1. The Morgan fingerprint density at radius 3 is 2.80 bits per heavy atom. The second-order valence-corrected chi connectivity index (χ2v) is 6.72. The topological polar surface area (TPSA) is 63.3 Å². The zero-order valence-electron chi connectivity index (χ0n) is 14.8. The van der Waals surface area contributed by atoms with Gasteiger partial charge in [0.15, 0.2) is 0 Å². The van der Waals surface area contributed by atoms with Crippen LogP contribution in [-0.4, -0.2) is 41.3 Å². The van der Waals surface area contributed by atoms with Crippen molar-refractivity contribution in [1.29, 1.82) is 0 Å². The van der Waals surface area contributed by atoms with Crippen molar-refractivity contribution in [1.82, 2.24) is 20.1 Å². The fourth-order valence-electron chi connectivity index (χ4n) is 2.70. The van der Waals surface area contributed by atoms with Crippen molar-refractivity contribution in [2.75, 3.05) is 21.3 Å². The molecule has 0 radical (unpaired) electrons. The van der Waals surface area contributed by atoms with E-state index in [-0.39, 0.29) is 6.04 Å². The molecule has 0 saturated heterocycles. The first kappa shape index (κ1) is 17.4. The summed E-state index contributed by atoms with van der Waals surface area (Å²) in [6.07, 6.45) is 3.71. The Morgan fingerprint density at radius 2 is 2.12 bits per heavy atom. The molecule has 0 bridgehead atoms. The van der Waals surface area contributed by atoms with Gasteiger partial charge in [-0.3, -0.25) is 10.00 Å². The number of nitrogens with one attached hydrogen (secondary N) is 1. The highest BCUT2D eigenvalue weighted by atomic mass is 32.1. The summed E-state index contributed by atoms with van der Waals surface area (Å²) >= 11 is 1.67. The van der Waals surface area contributed by atoms with Crippen LogP contribution in [0.1, 0.15) is 23.5 Å². The Morgan fingerprint density at radius 1 is 1.28 bits per heavy atom. The molecule has 132 valence electrons. The molecule has 0 aliphatic heterocycles. The van der Waals surface area contributed by atoms with E-state index in [0.29, 0.717) is 0 Å². The minimum absolute atomic E-state index is 0.237. The van der Waals surface area contributed by atoms with Crippen molar-refractivity contribution in [3.05, 3.63) is 46.5 Å². The lowest BCUT2D eigenvalue weighted by molar-refractivity contribution is 0.253. The van der Waals surface area contributed by atoms with Gasteiger partial charge in [-0.1, -0.05) is 0 Å². The monoisotopic (exact) mass is 358 g/mol. The summed E-state index contributed by atoms with van der Waals surface area (Å²) in [5.41, 5.74) is 3.03. The van der Waals surface area contributed by atoms with Crippen molar-refractivity contribution in [3.8, 4) is 22.8 Å². The number of aromatic nitrogens is 3. The Balaban J connectivity index is 1.86. The first-order valence-electron chi connectivity index (χ1n) is 7.98. The van der Waals surface area contributed by atoms with E-state index >= 15 is 0 Å². The van der Waals surface area contributed by atoms with Crippen molar-refractivity contribution in [2.24, 2.45) is 0 Å². The number of methoxy groups -OCH3 is 2. The van der Waals surface area contributed by atoms with Crippen molar-refractivity contribution in [2.45, 2.75) is 19.5 Å². The summed E-state index contributed by atoms with van der Waals surface area (Å²) < 4.78 is 10.8. The number of benzene rings is 1. The molecule has 3 aromatic rings. The molecule has 0 saturated carbocycles. The fourth-order valence-corrected chi connectivity index (χ4v) is 3.46. The largest absolute Gasteiger partial charge is 0.497 e. The first-order chi connectivity index (χ1) is 12.1. The number of H-pyrrole nitrogens is 1. The van der Waals surface area contributed by atoms with Crippen LogP contribution >= 0.6 is 11.3 Å². The molecule has 0 fully saturated rings. The third-order valence-electron chi connectivity index (χ3n) is 4.29. The molecular formula is C18H22N4O2S. The quantitative estimate of drug-likeness (QED) is 0.697. The number of aromatic amines is 1. The van der Waals surface area contributed by atoms with E-state index < -0.39 is 0 Å². The molecule has 3 rings (SSSR count). The Bertz CT molecular complexity index is 816. The van der Waals surface area contributed by atoms with Gasteiger partial charge in [0, 0.05) is 35.3 Å². The van der Waals surface area contributed by atoms with Crippen LogP contribution in [0.5, 0.6) is 11.5 Å². The molecule has 0 amide bonds. The lowest BCUT2D eigenvalue weighted by Crippen LogP contribution is -2.21. The maximum Gasteiger partial charge on any atom is 0.131 e. The molecule has 0 aliphatic carbocycles. The van der Waals surface area contributed by atoms with Gasteiger partial charge in [0.05, 0.1) is 32.2 Å². The average Bonchev–Trinajstić information content (AvgIpc) is 3.32. The predicted molar refractivity (Wildman–Crippen MR) is 99.1 cm³/mol. The van der Waals surface area contributed by atoms with Crippen LogP contribution in [0.4, 0.5) is 0 Å². The summed E-state index contributed by atoms with van der Waals surface area (Å²) in [7, 11) is 5.39. The van der Waals surface area contributed by atoms with E-state index in [1.165, 1.54) is 0 Å². The number of hydrogen-bond donors (Lipinski definition) is 1. The van der Waals surface area contributed by atoms with Crippen LogP contribution < -0.4 is 9.47 Å².